The molecule has 2 aromatic heterocycles. The van der Waals surface area contributed by atoms with Crippen molar-refractivity contribution in [3.8, 4) is 11.8 Å². The van der Waals surface area contributed by atoms with Crippen molar-refractivity contribution < 1.29 is 9.53 Å². The van der Waals surface area contributed by atoms with E-state index in [1.165, 1.54) is 0 Å². The zero-order valence-electron chi connectivity index (χ0n) is 16.2. The third-order valence-corrected chi connectivity index (χ3v) is 4.15. The van der Waals surface area contributed by atoms with E-state index in [4.69, 9.17) is 4.74 Å². The van der Waals surface area contributed by atoms with Gasteiger partial charge in [-0.05, 0) is 23.6 Å². The van der Waals surface area contributed by atoms with Crippen molar-refractivity contribution in [3.05, 3.63) is 61.4 Å². The topological polar surface area (TPSA) is 94.0 Å². The predicted octanol–water partition coefficient (Wildman–Crippen LogP) is 3.70. The summed E-state index contributed by atoms with van der Waals surface area (Å²) in [5, 5.41) is 5.90. The Hall–Kier alpha value is -3.42. The van der Waals surface area contributed by atoms with E-state index in [1.54, 1.807) is 55.2 Å². The molecule has 0 aliphatic rings. The lowest BCUT2D eigenvalue weighted by Gasteiger charge is -2.31. The highest BCUT2D eigenvalue weighted by molar-refractivity contribution is 5.89. The monoisotopic (exact) mass is 380 g/mol. The highest BCUT2D eigenvalue weighted by Crippen LogP contribution is 2.23. The second-order valence-electron chi connectivity index (χ2n) is 7.44. The number of hydrogen-bond acceptors (Lipinski definition) is 5. The summed E-state index contributed by atoms with van der Waals surface area (Å²) in [6, 6.07) is 8.67. The number of anilines is 1. The van der Waals surface area contributed by atoms with Crippen molar-refractivity contribution in [1.82, 2.24) is 24.8 Å². The fourth-order valence-corrected chi connectivity index (χ4v) is 2.55. The van der Waals surface area contributed by atoms with Gasteiger partial charge >= 0.3 is 12.0 Å². The van der Waals surface area contributed by atoms with E-state index < -0.39 is 0 Å². The van der Waals surface area contributed by atoms with Gasteiger partial charge in [0.05, 0.1) is 12.4 Å². The second-order valence-corrected chi connectivity index (χ2v) is 7.44. The number of hydrogen-bond donors (Lipinski definition) is 2. The summed E-state index contributed by atoms with van der Waals surface area (Å²) in [5.41, 5.74) is 0.484. The molecule has 1 aromatic carbocycles. The summed E-state index contributed by atoms with van der Waals surface area (Å²) in [7, 11) is 0. The normalized spacial score (nSPS) is 12.2. The minimum absolute atomic E-state index is 0.0844. The van der Waals surface area contributed by atoms with E-state index in [9.17, 15) is 4.79 Å². The number of aromatic nitrogens is 4. The van der Waals surface area contributed by atoms with Gasteiger partial charge in [0.1, 0.15) is 5.75 Å². The molecule has 2 heterocycles. The lowest BCUT2D eigenvalue weighted by molar-refractivity contribution is 0.219. The number of amides is 2. The van der Waals surface area contributed by atoms with E-state index in [-0.39, 0.29) is 23.5 Å². The molecule has 0 fully saturated rings. The van der Waals surface area contributed by atoms with Crippen LogP contribution >= 0.6 is 0 Å². The summed E-state index contributed by atoms with van der Waals surface area (Å²) in [5.74, 6) is 0.537. The van der Waals surface area contributed by atoms with Gasteiger partial charge in [0.25, 0.3) is 0 Å². The van der Waals surface area contributed by atoms with Gasteiger partial charge < -0.3 is 19.9 Å². The van der Waals surface area contributed by atoms with Gasteiger partial charge in [-0.15, -0.1) is 0 Å². The third kappa shape index (κ3) is 5.54. The van der Waals surface area contributed by atoms with Crippen LogP contribution in [0.2, 0.25) is 0 Å². The van der Waals surface area contributed by atoms with Crippen LogP contribution in [-0.4, -0.2) is 31.6 Å². The van der Waals surface area contributed by atoms with Crippen LogP contribution in [0.15, 0.2) is 61.4 Å². The molecule has 0 radical (unpaired) electrons. The molecular formula is C20H24N6O2. The molecule has 1 atom stereocenters. The number of benzene rings is 1. The predicted molar refractivity (Wildman–Crippen MR) is 106 cm³/mol. The Labute approximate surface area is 164 Å². The minimum atomic E-state index is -0.284. The molecule has 0 aliphatic heterocycles. The van der Waals surface area contributed by atoms with Gasteiger partial charge in [-0.3, -0.25) is 0 Å². The van der Waals surface area contributed by atoms with Crippen molar-refractivity contribution >= 4 is 11.7 Å². The van der Waals surface area contributed by atoms with Crippen molar-refractivity contribution in [3.63, 3.8) is 0 Å². The highest BCUT2D eigenvalue weighted by Gasteiger charge is 2.26. The smallest absolute Gasteiger partial charge is 0.321 e. The van der Waals surface area contributed by atoms with Crippen molar-refractivity contribution in [2.24, 2.45) is 5.41 Å². The molecule has 3 rings (SSSR count). The van der Waals surface area contributed by atoms with Crippen LogP contribution < -0.4 is 15.4 Å². The van der Waals surface area contributed by atoms with Crippen LogP contribution in [0.4, 0.5) is 10.5 Å². The van der Waals surface area contributed by atoms with E-state index >= 15 is 0 Å². The Morgan fingerprint density at radius 2 is 1.96 bits per heavy atom. The van der Waals surface area contributed by atoms with Crippen molar-refractivity contribution in [1.29, 1.82) is 0 Å². The number of nitrogens with one attached hydrogen (secondary N) is 2. The molecule has 0 spiro atoms. The Kier molecular flexibility index (Phi) is 5.88. The fourth-order valence-electron chi connectivity index (χ4n) is 2.55. The number of imidazole rings is 1. The second kappa shape index (κ2) is 8.51. The van der Waals surface area contributed by atoms with Crippen molar-refractivity contribution in [2.45, 2.75) is 33.4 Å². The summed E-state index contributed by atoms with van der Waals surface area (Å²) in [6.45, 7) is 6.89. The number of rotatable bonds is 6. The summed E-state index contributed by atoms with van der Waals surface area (Å²) in [6.07, 6.45) is 8.55. The van der Waals surface area contributed by atoms with Crippen LogP contribution in [0.3, 0.4) is 0 Å². The van der Waals surface area contributed by atoms with Gasteiger partial charge in [0.2, 0.25) is 0 Å². The molecule has 28 heavy (non-hydrogen) atoms. The molecule has 0 aliphatic carbocycles. The summed E-state index contributed by atoms with van der Waals surface area (Å²) < 4.78 is 7.55. The Bertz CT molecular complexity index is 891. The van der Waals surface area contributed by atoms with Crippen molar-refractivity contribution in [2.75, 3.05) is 5.32 Å². The molecular weight excluding hydrogens is 356 g/mol. The Balaban J connectivity index is 1.63. The average Bonchev–Trinajstić information content (AvgIpc) is 3.15. The molecule has 2 amide bonds. The molecule has 3 aromatic rings. The van der Waals surface area contributed by atoms with E-state index in [0.717, 1.165) is 0 Å². The lowest BCUT2D eigenvalue weighted by atomic mass is 9.86. The maximum absolute atomic E-state index is 12.6. The molecule has 0 saturated carbocycles. The number of nitrogens with zero attached hydrogens (tertiary/aromatic N) is 4. The van der Waals surface area contributed by atoms with Gasteiger partial charge in [0.15, 0.2) is 0 Å². The largest absolute Gasteiger partial charge is 0.424 e. The first kappa shape index (κ1) is 19.3. The number of urea groups is 1. The molecule has 2 N–H and O–H groups in total. The van der Waals surface area contributed by atoms with Gasteiger partial charge in [-0.1, -0.05) is 26.8 Å². The maximum atomic E-state index is 12.6. The molecule has 8 nitrogen and oxygen atoms in total. The third-order valence-electron chi connectivity index (χ3n) is 4.15. The molecule has 8 heteroatoms. The van der Waals surface area contributed by atoms with Gasteiger partial charge in [0, 0.05) is 43.1 Å². The number of ether oxygens (including phenoxy) is 1. The van der Waals surface area contributed by atoms with E-state index in [1.807, 2.05) is 10.8 Å². The number of carbonyl (C=O) groups excluding carboxylic acids is 1. The maximum Gasteiger partial charge on any atom is 0.321 e. The SMILES string of the molecule is CC(C)(C)[C@H](Cn1ccnc1)NC(=O)Nc1cccc(Oc2ncccn2)c1. The quantitative estimate of drug-likeness (QED) is 0.680. The molecule has 146 valence electrons. The Morgan fingerprint density at radius 3 is 2.64 bits per heavy atom. The fraction of sp³-hybridized carbons (Fsp3) is 0.300. The van der Waals surface area contributed by atoms with E-state index in [2.05, 4.69) is 46.4 Å². The minimum Gasteiger partial charge on any atom is -0.424 e. The van der Waals surface area contributed by atoms with E-state index in [0.29, 0.717) is 18.0 Å². The van der Waals surface area contributed by atoms with Gasteiger partial charge in [-0.2, -0.15) is 0 Å². The summed E-state index contributed by atoms with van der Waals surface area (Å²) in [4.78, 5) is 24.7. The number of carbonyl (C=O) groups is 1. The van der Waals surface area contributed by atoms with Crippen LogP contribution in [0.5, 0.6) is 11.8 Å². The Morgan fingerprint density at radius 1 is 1.18 bits per heavy atom. The van der Waals surface area contributed by atoms with Crippen LogP contribution in [-0.2, 0) is 6.54 Å². The van der Waals surface area contributed by atoms with Crippen LogP contribution in [0.1, 0.15) is 20.8 Å². The highest BCUT2D eigenvalue weighted by atomic mass is 16.5. The molecule has 0 bridgehead atoms. The van der Waals surface area contributed by atoms with Crippen LogP contribution in [0, 0.1) is 5.41 Å². The molecule has 0 unspecified atom stereocenters. The first-order valence-electron chi connectivity index (χ1n) is 8.98. The summed E-state index contributed by atoms with van der Waals surface area (Å²) >= 11 is 0. The first-order chi connectivity index (χ1) is 13.4. The van der Waals surface area contributed by atoms with Gasteiger partial charge in [-0.25, -0.2) is 19.7 Å². The standard InChI is InChI=1S/C20H24N6O2/c1-20(2,3)17(13-26-11-10-21-14-26)25-18(27)24-15-6-4-7-16(12-15)28-19-22-8-5-9-23-19/h4-12,14,17H,13H2,1-3H3,(H2,24,25,27)/t17-/m0/s1. The van der Waals surface area contributed by atoms with Crippen LogP contribution in [0.25, 0.3) is 0 Å². The zero-order valence-corrected chi connectivity index (χ0v) is 16.2. The molecule has 0 saturated heterocycles. The lowest BCUT2D eigenvalue weighted by Crippen LogP contribution is -2.47. The average molecular weight is 380 g/mol. The first-order valence-corrected chi connectivity index (χ1v) is 8.98. The zero-order chi connectivity index (χ0) is 20.0.